The number of likely N-dealkylation sites (tertiary alicyclic amines) is 1. The van der Waals surface area contributed by atoms with Gasteiger partial charge in [-0.2, -0.15) is 11.8 Å². The Labute approximate surface area is 198 Å². The first-order valence-corrected chi connectivity index (χ1v) is 13.0. The molecule has 2 aromatic rings. The Bertz CT molecular complexity index is 1110. The monoisotopic (exact) mass is 463 g/mol. The molecule has 6 nitrogen and oxygen atoms in total. The molecule has 0 unspecified atom stereocenters. The van der Waals surface area contributed by atoms with E-state index in [1.54, 1.807) is 11.8 Å². The third-order valence-corrected chi connectivity index (χ3v) is 8.02. The second-order valence-electron chi connectivity index (χ2n) is 9.10. The summed E-state index contributed by atoms with van der Waals surface area (Å²) in [7, 11) is 0. The van der Waals surface area contributed by atoms with Gasteiger partial charge >= 0.3 is 0 Å². The van der Waals surface area contributed by atoms with Gasteiger partial charge in [0.15, 0.2) is 0 Å². The van der Waals surface area contributed by atoms with Crippen LogP contribution in [0, 0.1) is 11.8 Å². The quantitative estimate of drug-likeness (QED) is 0.618. The van der Waals surface area contributed by atoms with Crippen molar-refractivity contribution in [2.24, 2.45) is 11.8 Å². The highest BCUT2D eigenvalue weighted by molar-refractivity contribution is 7.98. The predicted octanol–water partition coefficient (Wildman–Crippen LogP) is 2.97. The molecule has 1 spiro atoms. The van der Waals surface area contributed by atoms with Crippen molar-refractivity contribution < 1.29 is 14.4 Å². The first-order valence-electron chi connectivity index (χ1n) is 11.6. The van der Waals surface area contributed by atoms with E-state index in [0.717, 1.165) is 41.0 Å². The van der Waals surface area contributed by atoms with Gasteiger partial charge in [-0.05, 0) is 48.5 Å². The van der Waals surface area contributed by atoms with E-state index in [4.69, 9.17) is 0 Å². The van der Waals surface area contributed by atoms with Crippen LogP contribution in [0.15, 0.2) is 48.5 Å². The fourth-order valence-electron chi connectivity index (χ4n) is 5.73. The van der Waals surface area contributed by atoms with Crippen molar-refractivity contribution in [2.45, 2.75) is 37.8 Å². The number of hydrogen-bond acceptors (Lipinski definition) is 5. The molecule has 5 rings (SSSR count). The summed E-state index contributed by atoms with van der Waals surface area (Å²) in [5.74, 6) is -0.998. The SMILES string of the molecule is CCc1ccc2c(c1)[C@@]1(N[C@H](CCSC)[C@H]3C(=O)N(CCc4ccccc4)C(=O)[C@H]31)C(=O)N2. The summed E-state index contributed by atoms with van der Waals surface area (Å²) >= 11 is 1.71. The van der Waals surface area contributed by atoms with Crippen LogP contribution >= 0.6 is 11.8 Å². The summed E-state index contributed by atoms with van der Waals surface area (Å²) in [5.41, 5.74) is 2.53. The topological polar surface area (TPSA) is 78.5 Å². The highest BCUT2D eigenvalue weighted by atomic mass is 32.2. The van der Waals surface area contributed by atoms with Crippen molar-refractivity contribution in [3.8, 4) is 0 Å². The minimum atomic E-state index is -1.19. The molecule has 0 aliphatic carbocycles. The van der Waals surface area contributed by atoms with Gasteiger partial charge in [0.1, 0.15) is 5.54 Å². The molecule has 0 radical (unpaired) electrons. The standard InChI is InChI=1S/C26H29N3O3S/c1-3-16-9-10-19-18(15-16)26(25(32)27-19)22-21(20(28-26)12-14-33-2)23(30)29(24(22)31)13-11-17-7-5-4-6-8-17/h4-10,15,20-22,28H,3,11-14H2,1-2H3,(H,27,32)/t20-,21-,22+,26+/m1/s1. The second-order valence-corrected chi connectivity index (χ2v) is 10.1. The Kier molecular flexibility index (Phi) is 5.79. The van der Waals surface area contributed by atoms with E-state index in [1.807, 2.05) is 54.8 Å². The van der Waals surface area contributed by atoms with Crippen LogP contribution in [0.25, 0.3) is 0 Å². The number of fused-ring (bicyclic) bond motifs is 4. The molecule has 3 amide bonds. The Morgan fingerprint density at radius 3 is 2.55 bits per heavy atom. The van der Waals surface area contributed by atoms with E-state index < -0.39 is 17.4 Å². The number of thioether (sulfide) groups is 1. The first-order chi connectivity index (χ1) is 16.0. The van der Waals surface area contributed by atoms with Crippen molar-refractivity contribution in [3.63, 3.8) is 0 Å². The van der Waals surface area contributed by atoms with E-state index in [1.165, 1.54) is 4.90 Å². The van der Waals surface area contributed by atoms with E-state index in [-0.39, 0.29) is 23.8 Å². The Morgan fingerprint density at radius 1 is 1.03 bits per heavy atom. The fraction of sp³-hybridized carbons (Fsp3) is 0.423. The molecule has 3 heterocycles. The van der Waals surface area contributed by atoms with Gasteiger partial charge in [-0.25, -0.2) is 0 Å². The molecule has 3 aliphatic heterocycles. The number of carbonyl (C=O) groups excluding carboxylic acids is 3. The van der Waals surface area contributed by atoms with Crippen LogP contribution in [0.2, 0.25) is 0 Å². The average Bonchev–Trinajstić information content (AvgIpc) is 3.41. The first kappa shape index (κ1) is 22.2. The van der Waals surface area contributed by atoms with Crippen molar-refractivity contribution in [2.75, 3.05) is 23.9 Å². The number of carbonyl (C=O) groups is 3. The van der Waals surface area contributed by atoms with Crippen LogP contribution in [0.5, 0.6) is 0 Å². The van der Waals surface area contributed by atoms with Gasteiger partial charge in [0.2, 0.25) is 17.7 Å². The molecule has 2 fully saturated rings. The maximum atomic E-state index is 13.8. The molecule has 172 valence electrons. The fourth-order valence-corrected chi connectivity index (χ4v) is 6.22. The van der Waals surface area contributed by atoms with Crippen LogP contribution < -0.4 is 10.6 Å². The minimum absolute atomic E-state index is 0.149. The number of anilines is 1. The van der Waals surface area contributed by atoms with Crippen LogP contribution in [0.1, 0.15) is 30.0 Å². The van der Waals surface area contributed by atoms with Crippen molar-refractivity contribution >= 4 is 35.2 Å². The summed E-state index contributed by atoms with van der Waals surface area (Å²) in [6.45, 7) is 2.41. The number of benzene rings is 2. The zero-order valence-electron chi connectivity index (χ0n) is 19.0. The second kappa shape index (κ2) is 8.61. The molecule has 0 saturated carbocycles. The molecule has 4 atom stereocenters. The van der Waals surface area contributed by atoms with Gasteiger partial charge in [0, 0.05) is 23.8 Å². The number of nitrogens with one attached hydrogen (secondary N) is 2. The van der Waals surface area contributed by atoms with Gasteiger partial charge < -0.3 is 5.32 Å². The lowest BCUT2D eigenvalue weighted by Crippen LogP contribution is -2.53. The van der Waals surface area contributed by atoms with Gasteiger partial charge in [-0.1, -0.05) is 49.4 Å². The minimum Gasteiger partial charge on any atom is -0.324 e. The third-order valence-electron chi connectivity index (χ3n) is 7.38. The van der Waals surface area contributed by atoms with E-state index in [2.05, 4.69) is 17.6 Å². The highest BCUT2D eigenvalue weighted by Gasteiger charge is 2.70. The molecule has 0 bridgehead atoms. The lowest BCUT2D eigenvalue weighted by atomic mass is 9.76. The summed E-state index contributed by atoms with van der Waals surface area (Å²) in [6, 6.07) is 15.6. The Hall–Kier alpha value is -2.64. The van der Waals surface area contributed by atoms with Gasteiger partial charge in [-0.3, -0.25) is 24.6 Å². The normalized spacial score (nSPS) is 27.9. The van der Waals surface area contributed by atoms with Crippen LogP contribution in [0.3, 0.4) is 0 Å². The Morgan fingerprint density at radius 2 is 1.82 bits per heavy atom. The van der Waals surface area contributed by atoms with Crippen LogP contribution in [-0.4, -0.2) is 47.2 Å². The molecule has 2 aromatic carbocycles. The van der Waals surface area contributed by atoms with Crippen molar-refractivity contribution in [1.82, 2.24) is 10.2 Å². The number of imide groups is 1. The molecule has 7 heteroatoms. The van der Waals surface area contributed by atoms with E-state index in [9.17, 15) is 14.4 Å². The van der Waals surface area contributed by atoms with Crippen LogP contribution in [-0.2, 0) is 32.8 Å². The summed E-state index contributed by atoms with van der Waals surface area (Å²) in [5, 5.41) is 6.51. The molecular formula is C26H29N3O3S. The zero-order chi connectivity index (χ0) is 23.2. The number of amides is 3. The van der Waals surface area contributed by atoms with Gasteiger partial charge in [-0.15, -0.1) is 0 Å². The number of nitrogens with zero attached hydrogens (tertiary/aromatic N) is 1. The number of aryl methyl sites for hydroxylation is 1. The van der Waals surface area contributed by atoms with Crippen LogP contribution in [0.4, 0.5) is 5.69 Å². The number of hydrogen-bond donors (Lipinski definition) is 2. The summed E-state index contributed by atoms with van der Waals surface area (Å²) in [4.78, 5) is 42.3. The van der Waals surface area contributed by atoms with E-state index in [0.29, 0.717) is 13.0 Å². The van der Waals surface area contributed by atoms with Gasteiger partial charge in [0.25, 0.3) is 0 Å². The molecule has 0 aromatic heterocycles. The predicted molar refractivity (Wildman–Crippen MR) is 130 cm³/mol. The smallest absolute Gasteiger partial charge is 0.250 e. The largest absolute Gasteiger partial charge is 0.324 e. The lowest BCUT2D eigenvalue weighted by molar-refractivity contribution is -0.142. The number of rotatable bonds is 7. The third kappa shape index (κ3) is 3.40. The van der Waals surface area contributed by atoms with E-state index >= 15 is 0 Å². The lowest BCUT2D eigenvalue weighted by Gasteiger charge is -2.29. The van der Waals surface area contributed by atoms with Gasteiger partial charge in [0.05, 0.1) is 11.8 Å². The highest BCUT2D eigenvalue weighted by Crippen LogP contribution is 2.53. The average molecular weight is 464 g/mol. The summed E-state index contributed by atoms with van der Waals surface area (Å²) < 4.78 is 0. The molecule has 2 N–H and O–H groups in total. The Balaban J connectivity index is 1.53. The zero-order valence-corrected chi connectivity index (χ0v) is 19.8. The van der Waals surface area contributed by atoms with Crippen molar-refractivity contribution in [3.05, 3.63) is 65.2 Å². The molecule has 2 saturated heterocycles. The molecule has 3 aliphatic rings. The maximum Gasteiger partial charge on any atom is 0.250 e. The molecule has 33 heavy (non-hydrogen) atoms. The summed E-state index contributed by atoms with van der Waals surface area (Å²) in [6.07, 6.45) is 4.20. The maximum absolute atomic E-state index is 13.8. The molecular weight excluding hydrogens is 434 g/mol. The van der Waals surface area contributed by atoms with Crippen molar-refractivity contribution in [1.29, 1.82) is 0 Å².